The molecule has 0 aliphatic carbocycles. The lowest BCUT2D eigenvalue weighted by molar-refractivity contribution is -0.130. The summed E-state index contributed by atoms with van der Waals surface area (Å²) in [6.07, 6.45) is 0. The Morgan fingerprint density at radius 1 is 1.32 bits per heavy atom. The average Bonchev–Trinajstić information content (AvgIpc) is 2.43. The maximum absolute atomic E-state index is 11.9. The number of ether oxygens (including phenoxy) is 1. The molecule has 2 unspecified atom stereocenters. The van der Waals surface area contributed by atoms with Gasteiger partial charge in [0.1, 0.15) is 5.75 Å². The van der Waals surface area contributed by atoms with E-state index in [4.69, 9.17) is 10.5 Å². The average molecular weight is 330 g/mol. The Hall–Kier alpha value is -1.79. The van der Waals surface area contributed by atoms with Crippen molar-refractivity contribution in [2.45, 2.75) is 19.9 Å². The van der Waals surface area contributed by atoms with E-state index in [2.05, 4.69) is 5.32 Å². The van der Waals surface area contributed by atoms with Crippen molar-refractivity contribution in [1.29, 1.82) is 0 Å². The number of benzene rings is 1. The Kier molecular flexibility index (Phi) is 8.52. The summed E-state index contributed by atoms with van der Waals surface area (Å²) < 4.78 is 5.39. The zero-order chi connectivity index (χ0) is 16.0. The van der Waals surface area contributed by atoms with Crippen LogP contribution in [-0.2, 0) is 9.59 Å². The Morgan fingerprint density at radius 2 is 1.95 bits per heavy atom. The van der Waals surface area contributed by atoms with Crippen molar-refractivity contribution in [2.75, 3.05) is 26.0 Å². The summed E-state index contributed by atoms with van der Waals surface area (Å²) in [6.45, 7) is 3.52. The quantitative estimate of drug-likeness (QED) is 0.828. The number of carbonyl (C=O) groups is 2. The summed E-state index contributed by atoms with van der Waals surface area (Å²) in [5.41, 5.74) is 6.32. The third-order valence-corrected chi connectivity index (χ3v) is 3.16. The van der Waals surface area contributed by atoms with Gasteiger partial charge in [-0.3, -0.25) is 9.59 Å². The van der Waals surface area contributed by atoms with Gasteiger partial charge in [-0.05, 0) is 19.1 Å². The minimum atomic E-state index is -0.287. The summed E-state index contributed by atoms with van der Waals surface area (Å²) in [7, 11) is 3.33. The second-order valence-electron chi connectivity index (χ2n) is 5.24. The van der Waals surface area contributed by atoms with Crippen molar-refractivity contribution in [3.8, 4) is 5.75 Å². The third-order valence-electron chi connectivity index (χ3n) is 3.16. The smallest absolute Gasteiger partial charge is 0.259 e. The van der Waals surface area contributed by atoms with E-state index in [9.17, 15) is 9.59 Å². The summed E-state index contributed by atoms with van der Waals surface area (Å²) in [5.74, 6) is -0.0390. The van der Waals surface area contributed by atoms with Gasteiger partial charge in [0.15, 0.2) is 6.61 Å². The van der Waals surface area contributed by atoms with Gasteiger partial charge in [-0.1, -0.05) is 13.0 Å². The molecular weight excluding hydrogens is 306 g/mol. The summed E-state index contributed by atoms with van der Waals surface area (Å²) in [5, 5.41) is 2.78. The van der Waals surface area contributed by atoms with Crippen LogP contribution in [0.5, 0.6) is 5.75 Å². The fraction of sp³-hybridized carbons (Fsp3) is 0.467. The molecule has 0 saturated heterocycles. The van der Waals surface area contributed by atoms with Gasteiger partial charge < -0.3 is 20.7 Å². The normalized spacial score (nSPS) is 12.6. The van der Waals surface area contributed by atoms with E-state index in [1.165, 1.54) is 4.90 Å². The predicted octanol–water partition coefficient (Wildman–Crippen LogP) is 1.50. The third kappa shape index (κ3) is 6.32. The molecule has 0 aromatic heterocycles. The molecule has 0 heterocycles. The predicted molar refractivity (Wildman–Crippen MR) is 89.3 cm³/mol. The molecule has 3 N–H and O–H groups in total. The Bertz CT molecular complexity index is 507. The molecule has 0 aliphatic rings. The van der Waals surface area contributed by atoms with E-state index in [0.29, 0.717) is 11.4 Å². The van der Waals surface area contributed by atoms with E-state index in [0.717, 1.165) is 0 Å². The zero-order valence-corrected chi connectivity index (χ0v) is 14.1. The highest BCUT2D eigenvalue weighted by Gasteiger charge is 2.17. The number of likely N-dealkylation sites (N-methyl/N-ethyl adjacent to an activating group) is 1. The minimum Gasteiger partial charge on any atom is -0.484 e. The lowest BCUT2D eigenvalue weighted by atomic mass is 10.0. The second kappa shape index (κ2) is 9.27. The molecule has 7 heteroatoms. The molecule has 0 fully saturated rings. The SMILES string of the molecule is CC(N)C(C)C(=O)Nc1cccc(OCC(=O)N(C)C)c1.Cl. The van der Waals surface area contributed by atoms with Crippen LogP contribution in [0.3, 0.4) is 0 Å². The van der Waals surface area contributed by atoms with Crippen molar-refractivity contribution in [1.82, 2.24) is 4.90 Å². The topological polar surface area (TPSA) is 84.7 Å². The molecule has 0 spiro atoms. The van der Waals surface area contributed by atoms with E-state index in [1.54, 1.807) is 52.2 Å². The van der Waals surface area contributed by atoms with Gasteiger partial charge in [0, 0.05) is 31.9 Å². The molecule has 1 rings (SSSR count). The molecule has 1 aromatic rings. The molecular formula is C15H24ClN3O3. The Labute approximate surface area is 137 Å². The number of carbonyl (C=O) groups excluding carboxylic acids is 2. The van der Waals surface area contributed by atoms with Crippen LogP contribution >= 0.6 is 12.4 Å². The Balaban J connectivity index is 0.00000441. The first kappa shape index (κ1) is 20.2. The van der Waals surface area contributed by atoms with Gasteiger partial charge in [-0.15, -0.1) is 12.4 Å². The summed E-state index contributed by atoms with van der Waals surface area (Å²) >= 11 is 0. The molecule has 0 radical (unpaired) electrons. The van der Waals surface area contributed by atoms with Gasteiger partial charge in [0.2, 0.25) is 5.91 Å². The number of nitrogens with zero attached hydrogens (tertiary/aromatic N) is 1. The fourth-order valence-corrected chi connectivity index (χ4v) is 1.43. The van der Waals surface area contributed by atoms with Crippen LogP contribution < -0.4 is 15.8 Å². The van der Waals surface area contributed by atoms with Crippen LogP contribution in [0.15, 0.2) is 24.3 Å². The first-order valence-corrected chi connectivity index (χ1v) is 6.80. The number of amides is 2. The molecule has 124 valence electrons. The van der Waals surface area contributed by atoms with Gasteiger partial charge in [-0.25, -0.2) is 0 Å². The number of hydrogen-bond donors (Lipinski definition) is 2. The van der Waals surface area contributed by atoms with Crippen molar-refractivity contribution < 1.29 is 14.3 Å². The van der Waals surface area contributed by atoms with Gasteiger partial charge in [0.25, 0.3) is 5.91 Å². The highest BCUT2D eigenvalue weighted by Crippen LogP contribution is 2.18. The number of anilines is 1. The number of nitrogens with two attached hydrogens (primary N) is 1. The maximum atomic E-state index is 11.9. The van der Waals surface area contributed by atoms with Crippen LogP contribution in [0.1, 0.15) is 13.8 Å². The number of hydrogen-bond acceptors (Lipinski definition) is 4. The van der Waals surface area contributed by atoms with Crippen LogP contribution in [0.25, 0.3) is 0 Å². The van der Waals surface area contributed by atoms with Gasteiger partial charge in [-0.2, -0.15) is 0 Å². The molecule has 6 nitrogen and oxygen atoms in total. The number of halogens is 1. The zero-order valence-electron chi connectivity index (χ0n) is 13.3. The van der Waals surface area contributed by atoms with Crippen molar-refractivity contribution in [3.05, 3.63) is 24.3 Å². The molecule has 0 bridgehead atoms. The molecule has 0 saturated carbocycles. The van der Waals surface area contributed by atoms with E-state index in [-0.39, 0.29) is 42.8 Å². The van der Waals surface area contributed by atoms with Crippen molar-refractivity contribution in [3.63, 3.8) is 0 Å². The number of nitrogens with one attached hydrogen (secondary N) is 1. The Morgan fingerprint density at radius 3 is 2.50 bits per heavy atom. The van der Waals surface area contributed by atoms with Gasteiger partial charge in [0.05, 0.1) is 5.92 Å². The molecule has 0 aliphatic heterocycles. The maximum Gasteiger partial charge on any atom is 0.259 e. The van der Waals surface area contributed by atoms with Crippen LogP contribution in [-0.4, -0.2) is 43.5 Å². The van der Waals surface area contributed by atoms with E-state index in [1.807, 2.05) is 0 Å². The standard InChI is InChI=1S/C15H23N3O3.ClH/c1-10(11(2)16)15(20)17-12-6-5-7-13(8-12)21-9-14(19)18(3)4;/h5-8,10-11H,9,16H2,1-4H3,(H,17,20);1H. The molecule has 22 heavy (non-hydrogen) atoms. The largest absolute Gasteiger partial charge is 0.484 e. The first-order valence-electron chi connectivity index (χ1n) is 6.80. The molecule has 2 atom stereocenters. The molecule has 1 aromatic carbocycles. The van der Waals surface area contributed by atoms with Crippen LogP contribution in [0, 0.1) is 5.92 Å². The highest BCUT2D eigenvalue weighted by molar-refractivity contribution is 5.92. The lowest BCUT2D eigenvalue weighted by Crippen LogP contribution is -2.34. The van der Waals surface area contributed by atoms with Crippen LogP contribution in [0.2, 0.25) is 0 Å². The van der Waals surface area contributed by atoms with Crippen LogP contribution in [0.4, 0.5) is 5.69 Å². The van der Waals surface area contributed by atoms with E-state index < -0.39 is 0 Å². The monoisotopic (exact) mass is 329 g/mol. The van der Waals surface area contributed by atoms with Crippen molar-refractivity contribution in [2.24, 2.45) is 11.7 Å². The molecule has 2 amide bonds. The highest BCUT2D eigenvalue weighted by atomic mass is 35.5. The van der Waals surface area contributed by atoms with Crippen molar-refractivity contribution >= 4 is 29.9 Å². The lowest BCUT2D eigenvalue weighted by Gasteiger charge is -2.16. The summed E-state index contributed by atoms with van der Waals surface area (Å²) in [4.78, 5) is 24.8. The fourth-order valence-electron chi connectivity index (χ4n) is 1.43. The van der Waals surface area contributed by atoms with Gasteiger partial charge >= 0.3 is 0 Å². The van der Waals surface area contributed by atoms with E-state index >= 15 is 0 Å². The second-order valence-corrected chi connectivity index (χ2v) is 5.24. The first-order chi connectivity index (χ1) is 9.81. The minimum absolute atomic E-state index is 0. The summed E-state index contributed by atoms with van der Waals surface area (Å²) in [6, 6.07) is 6.69. The number of rotatable bonds is 6.